The van der Waals surface area contributed by atoms with Gasteiger partial charge in [-0.1, -0.05) is 0 Å². The van der Waals surface area contributed by atoms with E-state index in [0.717, 1.165) is 0 Å². The summed E-state index contributed by atoms with van der Waals surface area (Å²) in [7, 11) is 0. The molecule has 3 N–H and O–H groups in total. The van der Waals surface area contributed by atoms with Crippen LogP contribution in [0.5, 0.6) is 0 Å². The fraction of sp³-hybridized carbons (Fsp3) is 0.867. The second-order valence-corrected chi connectivity index (χ2v) is 8.15. The Morgan fingerprint density at radius 2 is 1.96 bits per heavy atom. The lowest BCUT2D eigenvalue weighted by Gasteiger charge is -2.51. The highest BCUT2D eigenvalue weighted by Gasteiger charge is 2.48. The first-order valence-corrected chi connectivity index (χ1v) is 8.92. The number of carboxylic acids is 1. The average Bonchev–Trinajstić information content (AvgIpc) is 2.33. The average molecular weight is 348 g/mol. The molecular weight excluding hydrogens is 320 g/mol. The van der Waals surface area contributed by atoms with Gasteiger partial charge in [0.2, 0.25) is 0 Å². The van der Waals surface area contributed by atoms with Crippen molar-refractivity contribution >= 4 is 23.8 Å². The van der Waals surface area contributed by atoms with Gasteiger partial charge in [0.05, 0.1) is 18.6 Å². The minimum atomic E-state index is -0.918. The largest absolute Gasteiger partial charge is 0.481 e. The highest BCUT2D eigenvalue weighted by atomic mass is 32.2. The van der Waals surface area contributed by atoms with Crippen LogP contribution >= 0.6 is 11.8 Å². The maximum atomic E-state index is 12.0. The molecule has 8 heteroatoms. The monoisotopic (exact) mass is 348 g/mol. The molecule has 1 aliphatic heterocycles. The van der Waals surface area contributed by atoms with Crippen molar-refractivity contribution in [2.75, 3.05) is 26.0 Å². The van der Waals surface area contributed by atoms with Gasteiger partial charge in [-0.3, -0.25) is 4.79 Å². The van der Waals surface area contributed by atoms with Gasteiger partial charge in [0.25, 0.3) is 0 Å². The lowest BCUT2D eigenvalue weighted by Crippen LogP contribution is -2.73. The number of rotatable bonds is 7. The minimum Gasteiger partial charge on any atom is -0.481 e. The van der Waals surface area contributed by atoms with Crippen molar-refractivity contribution in [2.24, 2.45) is 0 Å². The molecule has 0 aromatic carbocycles. The summed E-state index contributed by atoms with van der Waals surface area (Å²) in [5, 5.41) is 21.8. The van der Waals surface area contributed by atoms with E-state index in [1.54, 1.807) is 20.8 Å². The van der Waals surface area contributed by atoms with Gasteiger partial charge in [-0.2, -0.15) is 11.8 Å². The zero-order valence-electron chi connectivity index (χ0n) is 14.5. The molecule has 0 aromatic heterocycles. The van der Waals surface area contributed by atoms with E-state index in [9.17, 15) is 14.7 Å². The molecule has 1 heterocycles. The van der Waals surface area contributed by atoms with Gasteiger partial charge in [-0.15, -0.1) is 0 Å². The van der Waals surface area contributed by atoms with Crippen LogP contribution in [-0.4, -0.2) is 75.6 Å². The lowest BCUT2D eigenvalue weighted by molar-refractivity contribution is -0.141. The van der Waals surface area contributed by atoms with Gasteiger partial charge in [-0.25, -0.2) is 4.79 Å². The van der Waals surface area contributed by atoms with Gasteiger partial charge in [0.15, 0.2) is 0 Å². The number of ether oxygens (including phenoxy) is 1. The van der Waals surface area contributed by atoms with Crippen LogP contribution in [0.4, 0.5) is 4.79 Å². The quantitative estimate of drug-likeness (QED) is 0.635. The number of carbonyl (C=O) groups is 2. The van der Waals surface area contributed by atoms with Crippen LogP contribution in [-0.2, 0) is 9.53 Å². The summed E-state index contributed by atoms with van der Waals surface area (Å²) in [6, 6.07) is -0.0739. The van der Waals surface area contributed by atoms with Gasteiger partial charge in [-0.05, 0) is 34.0 Å². The van der Waals surface area contributed by atoms with Crippen LogP contribution in [0.2, 0.25) is 0 Å². The Morgan fingerprint density at radius 3 is 2.35 bits per heavy atom. The second-order valence-electron chi connectivity index (χ2n) is 7.08. The molecule has 0 saturated carbocycles. The van der Waals surface area contributed by atoms with Crippen LogP contribution in [0.1, 0.15) is 34.1 Å². The van der Waals surface area contributed by atoms with E-state index in [1.165, 1.54) is 16.7 Å². The van der Waals surface area contributed by atoms with Crippen molar-refractivity contribution in [1.82, 2.24) is 10.2 Å². The lowest BCUT2D eigenvalue weighted by atomic mass is 9.85. The number of carboxylic acid groups (broad SMARTS) is 1. The molecule has 0 bridgehead atoms. The van der Waals surface area contributed by atoms with Crippen molar-refractivity contribution in [3.8, 4) is 0 Å². The number of carbonyl (C=O) groups excluding carboxylic acids is 1. The fourth-order valence-electron chi connectivity index (χ4n) is 2.70. The van der Waals surface area contributed by atoms with E-state index < -0.39 is 23.2 Å². The predicted octanol–water partition coefficient (Wildman–Crippen LogP) is 1.15. The number of hydrogen-bond donors (Lipinski definition) is 3. The maximum Gasteiger partial charge on any atom is 0.410 e. The summed E-state index contributed by atoms with van der Waals surface area (Å²) in [4.78, 5) is 24.7. The topological polar surface area (TPSA) is 99.1 Å². The van der Waals surface area contributed by atoms with Crippen molar-refractivity contribution in [1.29, 1.82) is 0 Å². The molecule has 23 heavy (non-hydrogen) atoms. The van der Waals surface area contributed by atoms with Gasteiger partial charge < -0.3 is 25.2 Å². The smallest absolute Gasteiger partial charge is 0.410 e. The first-order chi connectivity index (χ1) is 10.5. The van der Waals surface area contributed by atoms with Crippen molar-refractivity contribution in [2.45, 2.75) is 56.5 Å². The zero-order valence-corrected chi connectivity index (χ0v) is 15.3. The Kier molecular flexibility index (Phi) is 6.73. The Balaban J connectivity index is 2.70. The van der Waals surface area contributed by atoms with Crippen molar-refractivity contribution < 1.29 is 24.5 Å². The van der Waals surface area contributed by atoms with Crippen molar-refractivity contribution in [3.63, 3.8) is 0 Å². The van der Waals surface area contributed by atoms with Gasteiger partial charge in [0, 0.05) is 24.4 Å². The molecule has 0 radical (unpaired) electrons. The van der Waals surface area contributed by atoms with Gasteiger partial charge >= 0.3 is 12.1 Å². The molecule has 1 rings (SSSR count). The highest BCUT2D eigenvalue weighted by molar-refractivity contribution is 7.99. The Bertz CT molecular complexity index is 428. The second kappa shape index (κ2) is 7.72. The molecule has 0 spiro atoms. The third-order valence-corrected chi connectivity index (χ3v) is 4.87. The highest BCUT2D eigenvalue weighted by Crippen LogP contribution is 2.28. The molecule has 0 aromatic rings. The molecule has 1 saturated heterocycles. The van der Waals surface area contributed by atoms with Crippen LogP contribution in [0.25, 0.3) is 0 Å². The summed E-state index contributed by atoms with van der Waals surface area (Å²) < 4.78 is 5.30. The van der Waals surface area contributed by atoms with Crippen LogP contribution in [0.15, 0.2) is 0 Å². The molecular formula is C15H28N2O5S. The number of aliphatic carboxylic acids is 1. The number of nitrogens with one attached hydrogen (secondary N) is 1. The first kappa shape index (κ1) is 20.1. The van der Waals surface area contributed by atoms with E-state index in [-0.39, 0.29) is 37.4 Å². The van der Waals surface area contributed by atoms with E-state index in [4.69, 9.17) is 9.84 Å². The molecule has 0 aliphatic carbocycles. The van der Waals surface area contributed by atoms with Crippen LogP contribution in [0, 0.1) is 0 Å². The molecule has 2 atom stereocenters. The molecule has 134 valence electrons. The van der Waals surface area contributed by atoms with E-state index in [0.29, 0.717) is 0 Å². The summed E-state index contributed by atoms with van der Waals surface area (Å²) in [5.41, 5.74) is -1.25. The predicted molar refractivity (Wildman–Crippen MR) is 89.8 cm³/mol. The Morgan fingerprint density at radius 1 is 1.39 bits per heavy atom. The third kappa shape index (κ3) is 5.86. The van der Waals surface area contributed by atoms with Crippen LogP contribution in [0.3, 0.4) is 0 Å². The Labute approximate surface area is 141 Å². The first-order valence-electron chi connectivity index (χ1n) is 7.63. The molecule has 1 fully saturated rings. The normalized spacial score (nSPS) is 19.7. The number of hydrogen-bond acceptors (Lipinski definition) is 6. The van der Waals surface area contributed by atoms with Gasteiger partial charge in [0.1, 0.15) is 5.60 Å². The maximum absolute atomic E-state index is 12.0. The fourth-order valence-corrected chi connectivity index (χ4v) is 3.32. The number of nitrogens with zero attached hydrogens (tertiary/aromatic N) is 1. The number of likely N-dealkylation sites (tertiary alicyclic amines) is 1. The minimum absolute atomic E-state index is 0.00820. The molecule has 7 nitrogen and oxygen atoms in total. The van der Waals surface area contributed by atoms with E-state index in [2.05, 4.69) is 5.32 Å². The molecule has 1 aliphatic rings. The SMILES string of the molecule is CSC(CO)C(C)NC1(CC(=O)O)CN(C(=O)OC(C)(C)C)C1. The number of amides is 1. The van der Waals surface area contributed by atoms with Crippen LogP contribution < -0.4 is 5.32 Å². The van der Waals surface area contributed by atoms with E-state index in [1.807, 2.05) is 13.2 Å². The standard InChI is InChI=1S/C15H28N2O5S/c1-10(11(7-18)23-5)16-15(6-12(19)20)8-17(9-15)13(21)22-14(2,3)4/h10-11,16,18H,6-9H2,1-5H3,(H,19,20). The summed E-state index contributed by atoms with van der Waals surface area (Å²) >= 11 is 1.52. The summed E-state index contributed by atoms with van der Waals surface area (Å²) in [6.45, 7) is 7.86. The number of aliphatic hydroxyl groups excluding tert-OH is 1. The molecule has 1 amide bonds. The molecule has 2 unspecified atom stereocenters. The van der Waals surface area contributed by atoms with E-state index >= 15 is 0 Å². The number of thioether (sulfide) groups is 1. The summed E-state index contributed by atoms with van der Waals surface area (Å²) in [5.74, 6) is -0.918. The summed E-state index contributed by atoms with van der Waals surface area (Å²) in [6.07, 6.45) is 1.39. The Hall–Kier alpha value is -0.990. The van der Waals surface area contributed by atoms with Crippen molar-refractivity contribution in [3.05, 3.63) is 0 Å². The third-order valence-electron chi connectivity index (χ3n) is 3.70. The number of aliphatic hydroxyl groups is 1. The zero-order chi connectivity index (χ0) is 17.8.